The Morgan fingerprint density at radius 3 is 3.05 bits per heavy atom. The van der Waals surface area contributed by atoms with Crippen LogP contribution in [0.1, 0.15) is 18.5 Å². The average Bonchev–Trinajstić information content (AvgIpc) is 2.95. The van der Waals surface area contributed by atoms with Gasteiger partial charge in [-0.25, -0.2) is 4.79 Å². The molecule has 0 saturated carbocycles. The zero-order valence-electron chi connectivity index (χ0n) is 11.2. The Bertz CT molecular complexity index is 712. The molecule has 0 aliphatic carbocycles. The smallest absolute Gasteiger partial charge is 0.354 e. The van der Waals surface area contributed by atoms with E-state index in [2.05, 4.69) is 20.8 Å². The van der Waals surface area contributed by atoms with E-state index in [1.54, 1.807) is 23.7 Å². The summed E-state index contributed by atoms with van der Waals surface area (Å²) in [6, 6.07) is 6.97. The Hall–Kier alpha value is -2.41. The highest BCUT2D eigenvalue weighted by atomic mass is 35.5. The second kappa shape index (κ2) is 5.53. The van der Waals surface area contributed by atoms with Gasteiger partial charge in [0.05, 0.1) is 6.61 Å². The minimum atomic E-state index is -0.455. The number of ether oxygens (including phenoxy) is 1. The van der Waals surface area contributed by atoms with Crippen LogP contribution >= 0.6 is 11.6 Å². The van der Waals surface area contributed by atoms with Crippen molar-refractivity contribution in [1.82, 2.24) is 20.2 Å². The predicted octanol–water partition coefficient (Wildman–Crippen LogP) is 1.79. The summed E-state index contributed by atoms with van der Waals surface area (Å²) in [5, 5.41) is 14.8. The molecule has 1 aliphatic heterocycles. The highest BCUT2D eigenvalue weighted by Gasteiger charge is 2.28. The Kier molecular flexibility index (Phi) is 3.57. The third-order valence-corrected chi connectivity index (χ3v) is 3.39. The van der Waals surface area contributed by atoms with E-state index in [9.17, 15) is 4.79 Å². The summed E-state index contributed by atoms with van der Waals surface area (Å²) >= 11 is 6.23. The van der Waals surface area contributed by atoms with Gasteiger partial charge in [-0.1, -0.05) is 34.9 Å². The molecule has 8 heteroatoms. The fourth-order valence-corrected chi connectivity index (χ4v) is 2.37. The van der Waals surface area contributed by atoms with Crippen molar-refractivity contribution >= 4 is 23.5 Å². The molecule has 21 heavy (non-hydrogen) atoms. The lowest BCUT2D eigenvalue weighted by atomic mass is 10.0. The zero-order valence-corrected chi connectivity index (χ0v) is 11.9. The van der Waals surface area contributed by atoms with Gasteiger partial charge in [0.1, 0.15) is 11.7 Å². The second-order valence-corrected chi connectivity index (χ2v) is 4.75. The van der Waals surface area contributed by atoms with Gasteiger partial charge in [0.15, 0.2) is 0 Å². The number of anilines is 1. The molecule has 1 unspecified atom stereocenters. The third-order valence-electron chi connectivity index (χ3n) is 3.05. The summed E-state index contributed by atoms with van der Waals surface area (Å²) in [6.45, 7) is 2.04. The van der Waals surface area contributed by atoms with Crippen LogP contribution in [-0.4, -0.2) is 32.8 Å². The maximum absolute atomic E-state index is 11.9. The van der Waals surface area contributed by atoms with E-state index in [-0.39, 0.29) is 6.04 Å². The van der Waals surface area contributed by atoms with Crippen LogP contribution in [0.25, 0.3) is 0 Å². The van der Waals surface area contributed by atoms with Crippen molar-refractivity contribution in [3.8, 4) is 0 Å². The van der Waals surface area contributed by atoms with Crippen molar-refractivity contribution in [2.75, 3.05) is 11.9 Å². The van der Waals surface area contributed by atoms with E-state index in [0.717, 1.165) is 5.56 Å². The Balaban J connectivity index is 2.05. The number of nitrogens with zero attached hydrogens (tertiary/aromatic N) is 4. The second-order valence-electron chi connectivity index (χ2n) is 4.34. The monoisotopic (exact) mass is 305 g/mol. The number of hydrogen-bond donors (Lipinski definition) is 1. The van der Waals surface area contributed by atoms with Crippen LogP contribution in [0.3, 0.4) is 0 Å². The van der Waals surface area contributed by atoms with Crippen LogP contribution in [0.15, 0.2) is 36.0 Å². The van der Waals surface area contributed by atoms with Crippen molar-refractivity contribution in [1.29, 1.82) is 0 Å². The van der Waals surface area contributed by atoms with Gasteiger partial charge in [0.2, 0.25) is 5.95 Å². The molecule has 1 aromatic heterocycles. The van der Waals surface area contributed by atoms with E-state index >= 15 is 0 Å². The highest BCUT2D eigenvalue weighted by Crippen LogP contribution is 2.32. The maximum atomic E-state index is 11.9. The van der Waals surface area contributed by atoms with Gasteiger partial charge in [-0.2, -0.15) is 4.68 Å². The molecule has 2 heterocycles. The number of nitrogens with one attached hydrogen (secondary N) is 1. The number of esters is 1. The van der Waals surface area contributed by atoms with E-state index in [0.29, 0.717) is 23.3 Å². The first-order valence-electron chi connectivity index (χ1n) is 6.39. The van der Waals surface area contributed by atoms with Crippen molar-refractivity contribution in [2.45, 2.75) is 13.0 Å². The standard InChI is InChI=1S/C13H12ClN5O2/c1-2-21-12(20)10-7-11(8-5-3-4-6-9(8)14)19-13(15-10)16-17-18-19/h3-7,11H,2H2,1H3,(H,15,16,18). The number of halogens is 1. The molecule has 3 rings (SSSR count). The number of allylic oxidation sites excluding steroid dienone is 1. The topological polar surface area (TPSA) is 81.9 Å². The zero-order chi connectivity index (χ0) is 14.8. The SMILES string of the molecule is CCOC(=O)C1=CC(c2ccccc2Cl)n2nnnc2N1. The van der Waals surface area contributed by atoms with Crippen LogP contribution in [0.2, 0.25) is 5.02 Å². The van der Waals surface area contributed by atoms with Crippen molar-refractivity contribution < 1.29 is 9.53 Å². The van der Waals surface area contributed by atoms with Crippen LogP contribution in [-0.2, 0) is 9.53 Å². The first-order chi connectivity index (χ1) is 10.2. The molecule has 0 fully saturated rings. The number of hydrogen-bond acceptors (Lipinski definition) is 6. The van der Waals surface area contributed by atoms with Gasteiger partial charge >= 0.3 is 5.97 Å². The largest absolute Gasteiger partial charge is 0.461 e. The first-order valence-corrected chi connectivity index (χ1v) is 6.76. The molecule has 1 atom stereocenters. The lowest BCUT2D eigenvalue weighted by molar-refractivity contribution is -0.138. The van der Waals surface area contributed by atoms with Crippen molar-refractivity contribution in [3.63, 3.8) is 0 Å². The fourth-order valence-electron chi connectivity index (χ4n) is 2.12. The molecule has 0 spiro atoms. The fraction of sp³-hybridized carbons (Fsp3) is 0.231. The van der Waals surface area contributed by atoms with E-state index in [1.807, 2.05) is 18.2 Å². The molecule has 7 nitrogen and oxygen atoms in total. The number of carbonyl (C=O) groups excluding carboxylic acids is 1. The molecular weight excluding hydrogens is 294 g/mol. The lowest BCUT2D eigenvalue weighted by Crippen LogP contribution is -2.25. The molecule has 2 aromatic rings. The normalized spacial score (nSPS) is 16.7. The summed E-state index contributed by atoms with van der Waals surface area (Å²) in [7, 11) is 0. The number of fused-ring (bicyclic) bond motifs is 1. The van der Waals surface area contributed by atoms with Crippen molar-refractivity contribution in [2.24, 2.45) is 0 Å². The van der Waals surface area contributed by atoms with Crippen LogP contribution in [0, 0.1) is 0 Å². The Morgan fingerprint density at radius 1 is 1.48 bits per heavy atom. The maximum Gasteiger partial charge on any atom is 0.354 e. The molecule has 0 bridgehead atoms. The van der Waals surface area contributed by atoms with Gasteiger partial charge in [-0.3, -0.25) is 0 Å². The summed E-state index contributed by atoms with van der Waals surface area (Å²) in [5.41, 5.74) is 1.10. The van der Waals surface area contributed by atoms with Gasteiger partial charge < -0.3 is 10.1 Å². The van der Waals surface area contributed by atoms with Crippen molar-refractivity contribution in [3.05, 3.63) is 46.6 Å². The quantitative estimate of drug-likeness (QED) is 0.871. The lowest BCUT2D eigenvalue weighted by Gasteiger charge is -2.22. The molecule has 108 valence electrons. The number of benzene rings is 1. The average molecular weight is 306 g/mol. The van der Waals surface area contributed by atoms with Gasteiger partial charge in [0, 0.05) is 5.02 Å². The minimum absolute atomic E-state index is 0.291. The van der Waals surface area contributed by atoms with E-state index in [1.165, 1.54) is 0 Å². The first kappa shape index (κ1) is 13.6. The van der Waals surface area contributed by atoms with Gasteiger partial charge in [-0.05, 0) is 35.1 Å². The van der Waals surface area contributed by atoms with Crippen LogP contribution < -0.4 is 5.32 Å². The van der Waals surface area contributed by atoms with E-state index < -0.39 is 5.97 Å². The Morgan fingerprint density at radius 2 is 2.29 bits per heavy atom. The summed E-state index contributed by atoms with van der Waals surface area (Å²) in [6.07, 6.45) is 1.70. The molecule has 0 amide bonds. The summed E-state index contributed by atoms with van der Waals surface area (Å²) < 4.78 is 6.57. The Labute approximate surface area is 125 Å². The number of rotatable bonds is 3. The molecule has 0 radical (unpaired) electrons. The highest BCUT2D eigenvalue weighted by molar-refractivity contribution is 6.31. The summed E-state index contributed by atoms with van der Waals surface area (Å²) in [5.74, 6) is -0.0886. The molecule has 1 N–H and O–H groups in total. The molecule has 1 aliphatic rings. The molecule has 1 aromatic carbocycles. The van der Waals surface area contributed by atoms with Gasteiger partial charge in [-0.15, -0.1) is 0 Å². The third kappa shape index (κ3) is 2.47. The van der Waals surface area contributed by atoms with Gasteiger partial charge in [0.25, 0.3) is 0 Å². The molecule has 0 saturated heterocycles. The predicted molar refractivity (Wildman–Crippen MR) is 75.7 cm³/mol. The number of aromatic nitrogens is 4. The summed E-state index contributed by atoms with van der Waals surface area (Å²) in [4.78, 5) is 11.9. The number of tetrazole rings is 1. The molecular formula is C13H12ClN5O2. The van der Waals surface area contributed by atoms with Crippen LogP contribution in [0.5, 0.6) is 0 Å². The van der Waals surface area contributed by atoms with E-state index in [4.69, 9.17) is 16.3 Å². The number of carbonyl (C=O) groups is 1. The van der Waals surface area contributed by atoms with Crippen LogP contribution in [0.4, 0.5) is 5.95 Å². The minimum Gasteiger partial charge on any atom is -0.461 e.